The van der Waals surface area contributed by atoms with Crippen LogP contribution in [0.25, 0.3) is 5.65 Å². The quantitative estimate of drug-likeness (QED) is 0.706. The van der Waals surface area contributed by atoms with Crippen molar-refractivity contribution in [1.82, 2.24) is 19.5 Å². The molecule has 136 valence electrons. The number of carbonyl (C=O) groups is 1. The van der Waals surface area contributed by atoms with Crippen molar-refractivity contribution in [3.63, 3.8) is 0 Å². The zero-order valence-electron chi connectivity index (χ0n) is 14.3. The van der Waals surface area contributed by atoms with Crippen molar-refractivity contribution < 1.29 is 13.2 Å². The molecule has 7 nitrogen and oxygen atoms in total. The molecule has 0 spiro atoms. The van der Waals surface area contributed by atoms with Crippen LogP contribution < -0.4 is 0 Å². The van der Waals surface area contributed by atoms with Gasteiger partial charge < -0.3 is 4.90 Å². The molecule has 2 aromatic heterocycles. The average Bonchev–Trinajstić information content (AvgIpc) is 3.16. The molecule has 1 aliphatic heterocycles. The van der Waals surface area contributed by atoms with Crippen LogP contribution >= 0.6 is 11.8 Å². The lowest BCUT2D eigenvalue weighted by atomic mass is 10.1. The highest BCUT2D eigenvalue weighted by atomic mass is 32.2. The van der Waals surface area contributed by atoms with Crippen molar-refractivity contribution in [2.45, 2.75) is 43.9 Å². The van der Waals surface area contributed by atoms with Crippen LogP contribution in [0.4, 0.5) is 0 Å². The summed E-state index contributed by atoms with van der Waals surface area (Å²) in [5, 5.41) is 8.86. The van der Waals surface area contributed by atoms with Gasteiger partial charge in [0.25, 0.3) is 0 Å². The molecule has 3 heterocycles. The largest absolute Gasteiger partial charge is 0.335 e. The molecule has 1 aliphatic rings. The molecule has 0 aliphatic carbocycles. The van der Waals surface area contributed by atoms with E-state index in [-0.39, 0.29) is 35.2 Å². The van der Waals surface area contributed by atoms with Crippen molar-refractivity contribution in [3.8, 4) is 0 Å². The van der Waals surface area contributed by atoms with Gasteiger partial charge in [0.15, 0.2) is 20.6 Å². The van der Waals surface area contributed by atoms with Crippen LogP contribution in [0.2, 0.25) is 0 Å². The fraction of sp³-hybridized carbons (Fsp3) is 0.562. The second-order valence-corrected chi connectivity index (χ2v) is 9.49. The lowest BCUT2D eigenvalue weighted by Crippen LogP contribution is -2.47. The Bertz CT molecular complexity index is 865. The number of pyridine rings is 1. The number of nitrogens with zero attached hydrogens (tertiary/aromatic N) is 4. The molecule has 2 atom stereocenters. The minimum atomic E-state index is -3.03. The van der Waals surface area contributed by atoms with E-state index < -0.39 is 9.84 Å². The van der Waals surface area contributed by atoms with E-state index >= 15 is 0 Å². The smallest absolute Gasteiger partial charge is 0.233 e. The number of rotatable bonds is 6. The Morgan fingerprint density at radius 1 is 1.44 bits per heavy atom. The number of sulfone groups is 1. The van der Waals surface area contributed by atoms with Crippen LogP contribution in [0.15, 0.2) is 29.6 Å². The van der Waals surface area contributed by atoms with Gasteiger partial charge in [-0.3, -0.25) is 9.20 Å². The first-order valence-electron chi connectivity index (χ1n) is 8.35. The fourth-order valence-corrected chi connectivity index (χ4v) is 5.62. The van der Waals surface area contributed by atoms with Crippen LogP contribution in [0.3, 0.4) is 0 Å². The van der Waals surface area contributed by atoms with Crippen molar-refractivity contribution in [1.29, 1.82) is 0 Å². The molecule has 0 aromatic carbocycles. The third kappa shape index (κ3) is 3.98. The van der Waals surface area contributed by atoms with E-state index in [0.29, 0.717) is 11.6 Å². The Labute approximate surface area is 151 Å². The molecule has 3 rings (SSSR count). The molecule has 1 amide bonds. The molecular formula is C16H22N4O3S2. The highest BCUT2D eigenvalue weighted by Gasteiger charge is 2.36. The monoisotopic (exact) mass is 382 g/mol. The summed E-state index contributed by atoms with van der Waals surface area (Å²) in [7, 11) is -3.03. The number of amides is 1. The van der Waals surface area contributed by atoms with Gasteiger partial charge in [-0.25, -0.2) is 8.42 Å². The molecule has 1 saturated heterocycles. The first-order chi connectivity index (χ1) is 11.9. The van der Waals surface area contributed by atoms with Gasteiger partial charge in [0, 0.05) is 18.3 Å². The van der Waals surface area contributed by atoms with E-state index in [1.54, 1.807) is 4.90 Å². The lowest BCUT2D eigenvalue weighted by molar-refractivity contribution is -0.132. The van der Waals surface area contributed by atoms with Gasteiger partial charge >= 0.3 is 0 Å². The first-order valence-corrected chi connectivity index (χ1v) is 11.2. The van der Waals surface area contributed by atoms with Crippen molar-refractivity contribution in [2.24, 2.45) is 0 Å². The van der Waals surface area contributed by atoms with Gasteiger partial charge in [-0.05, 0) is 31.9 Å². The Hall–Kier alpha value is -1.61. The standard InChI is InChI=1S/C16H22N4O3S2/c1-3-12(2)20(13-7-9-25(22,23)11-13)15(21)10-24-16-18-17-14-6-4-5-8-19(14)16/h4-6,8,12-13H,3,7,9-11H2,1-2H3/t12-,13-/m0/s1. The first kappa shape index (κ1) is 18.2. The molecule has 1 fully saturated rings. The Balaban J connectivity index is 1.72. The van der Waals surface area contributed by atoms with Crippen molar-refractivity contribution in [3.05, 3.63) is 24.4 Å². The molecule has 0 radical (unpaired) electrons. The number of fused-ring (bicyclic) bond motifs is 1. The highest BCUT2D eigenvalue weighted by Crippen LogP contribution is 2.24. The fourth-order valence-electron chi connectivity index (χ4n) is 3.12. The summed E-state index contributed by atoms with van der Waals surface area (Å²) in [5.41, 5.74) is 0.734. The van der Waals surface area contributed by atoms with Gasteiger partial charge in [0.2, 0.25) is 5.91 Å². The van der Waals surface area contributed by atoms with E-state index in [2.05, 4.69) is 10.2 Å². The maximum atomic E-state index is 12.8. The summed E-state index contributed by atoms with van der Waals surface area (Å²) in [6.45, 7) is 3.98. The zero-order valence-corrected chi connectivity index (χ0v) is 16.0. The summed E-state index contributed by atoms with van der Waals surface area (Å²) in [6, 6.07) is 5.42. The normalized spacial score (nSPS) is 20.6. The van der Waals surface area contributed by atoms with Crippen LogP contribution in [0, 0.1) is 0 Å². The van der Waals surface area contributed by atoms with Gasteiger partial charge in [0.1, 0.15) is 0 Å². The second kappa shape index (κ2) is 7.33. The van der Waals surface area contributed by atoms with Gasteiger partial charge in [0.05, 0.1) is 17.3 Å². The molecular weight excluding hydrogens is 360 g/mol. The zero-order chi connectivity index (χ0) is 18.0. The van der Waals surface area contributed by atoms with E-state index in [1.807, 2.05) is 42.6 Å². The number of carbonyl (C=O) groups excluding carboxylic acids is 1. The van der Waals surface area contributed by atoms with Crippen LogP contribution in [-0.4, -0.2) is 63.2 Å². The number of thioether (sulfide) groups is 1. The molecule has 0 bridgehead atoms. The number of hydrogen-bond donors (Lipinski definition) is 0. The van der Waals surface area contributed by atoms with Crippen molar-refractivity contribution in [2.75, 3.05) is 17.3 Å². The molecule has 0 N–H and O–H groups in total. The predicted octanol–water partition coefficient (Wildman–Crippen LogP) is 1.64. The SMILES string of the molecule is CC[C@H](C)N(C(=O)CSc1nnc2ccccn12)[C@H]1CCS(=O)(=O)C1. The summed E-state index contributed by atoms with van der Waals surface area (Å²) < 4.78 is 25.4. The lowest BCUT2D eigenvalue weighted by Gasteiger charge is -2.33. The predicted molar refractivity (Wildman–Crippen MR) is 97.4 cm³/mol. The van der Waals surface area contributed by atoms with E-state index in [1.165, 1.54) is 11.8 Å². The van der Waals surface area contributed by atoms with Gasteiger partial charge in [-0.1, -0.05) is 24.8 Å². The Morgan fingerprint density at radius 3 is 2.92 bits per heavy atom. The molecule has 2 aromatic rings. The van der Waals surface area contributed by atoms with Crippen LogP contribution in [-0.2, 0) is 14.6 Å². The molecule has 25 heavy (non-hydrogen) atoms. The van der Waals surface area contributed by atoms with E-state index in [4.69, 9.17) is 0 Å². The maximum absolute atomic E-state index is 12.8. The Kier molecular flexibility index (Phi) is 5.33. The topological polar surface area (TPSA) is 84.6 Å². The third-order valence-corrected chi connectivity index (χ3v) is 7.24. The highest BCUT2D eigenvalue weighted by molar-refractivity contribution is 7.99. The van der Waals surface area contributed by atoms with Gasteiger partial charge in [-0.15, -0.1) is 10.2 Å². The Morgan fingerprint density at radius 2 is 2.24 bits per heavy atom. The number of aromatic nitrogens is 3. The third-order valence-electron chi connectivity index (χ3n) is 4.56. The molecule has 0 saturated carbocycles. The summed E-state index contributed by atoms with van der Waals surface area (Å²) >= 11 is 1.33. The molecule has 9 heteroatoms. The summed E-state index contributed by atoms with van der Waals surface area (Å²) in [5.74, 6) is 0.409. The second-order valence-electron chi connectivity index (χ2n) is 6.32. The molecule has 0 unspecified atom stereocenters. The van der Waals surface area contributed by atoms with Crippen molar-refractivity contribution >= 4 is 33.2 Å². The number of hydrogen-bond acceptors (Lipinski definition) is 6. The minimum Gasteiger partial charge on any atom is -0.335 e. The van der Waals surface area contributed by atoms with Crippen LogP contribution in [0.5, 0.6) is 0 Å². The summed E-state index contributed by atoms with van der Waals surface area (Å²) in [4.78, 5) is 14.6. The van der Waals surface area contributed by atoms with Gasteiger partial charge in [-0.2, -0.15) is 0 Å². The van der Waals surface area contributed by atoms with Crippen LogP contribution in [0.1, 0.15) is 26.7 Å². The maximum Gasteiger partial charge on any atom is 0.233 e. The van der Waals surface area contributed by atoms with E-state index in [9.17, 15) is 13.2 Å². The summed E-state index contributed by atoms with van der Waals surface area (Å²) in [6.07, 6.45) is 3.18. The minimum absolute atomic E-state index is 0.0153. The average molecular weight is 383 g/mol. The van der Waals surface area contributed by atoms with E-state index in [0.717, 1.165) is 12.1 Å².